The molecule has 0 saturated heterocycles. The van der Waals surface area contributed by atoms with E-state index in [2.05, 4.69) is 12.2 Å². The third-order valence-electron chi connectivity index (χ3n) is 6.12. The van der Waals surface area contributed by atoms with Gasteiger partial charge in [-0.1, -0.05) is 37.3 Å². The molecule has 0 unspecified atom stereocenters. The number of hydrogen-bond donors (Lipinski definition) is 1. The molecule has 5 rings (SSSR count). The highest BCUT2D eigenvalue weighted by molar-refractivity contribution is 6.46. The van der Waals surface area contributed by atoms with E-state index in [1.54, 1.807) is 18.2 Å². The van der Waals surface area contributed by atoms with Crippen molar-refractivity contribution >= 4 is 28.8 Å². The van der Waals surface area contributed by atoms with Gasteiger partial charge in [-0.3, -0.25) is 9.59 Å². The van der Waals surface area contributed by atoms with Crippen LogP contribution < -0.4 is 19.7 Å². The summed E-state index contributed by atoms with van der Waals surface area (Å²) in [6.45, 7) is 6.23. The summed E-state index contributed by atoms with van der Waals surface area (Å²) in [5.41, 5.74) is 5.78. The molecule has 0 aromatic heterocycles. The van der Waals surface area contributed by atoms with Gasteiger partial charge in [-0.05, 0) is 66.8 Å². The molecule has 0 bridgehead atoms. The van der Waals surface area contributed by atoms with Crippen molar-refractivity contribution in [2.45, 2.75) is 27.2 Å². The second-order valence-electron chi connectivity index (χ2n) is 8.21. The van der Waals surface area contributed by atoms with Gasteiger partial charge in [0.15, 0.2) is 11.5 Å². The standard InChI is InChI=1S/C27H24N2O4/c1-4-18-6-10-21(11-7-18)29-26(30)24(19-8-5-16(2)17(3)13-19)25(27(29)31)28-20-9-12-22-23(14-20)33-15-32-22/h5-14,28H,4,15H2,1-3H3. The number of anilines is 2. The summed E-state index contributed by atoms with van der Waals surface area (Å²) in [5, 5.41) is 3.19. The number of amides is 2. The average Bonchev–Trinajstić information content (AvgIpc) is 3.38. The second kappa shape index (κ2) is 8.13. The minimum Gasteiger partial charge on any atom is -0.454 e. The van der Waals surface area contributed by atoms with Crippen molar-refractivity contribution in [2.75, 3.05) is 17.0 Å². The Hall–Kier alpha value is -4.06. The number of nitrogens with one attached hydrogen (secondary N) is 1. The average molecular weight is 440 g/mol. The third-order valence-corrected chi connectivity index (χ3v) is 6.12. The predicted molar refractivity (Wildman–Crippen MR) is 127 cm³/mol. The first-order chi connectivity index (χ1) is 16.0. The van der Waals surface area contributed by atoms with E-state index in [-0.39, 0.29) is 18.4 Å². The smallest absolute Gasteiger partial charge is 0.282 e. The number of ether oxygens (including phenoxy) is 2. The van der Waals surface area contributed by atoms with Crippen LogP contribution in [0.1, 0.15) is 29.2 Å². The Balaban J connectivity index is 1.59. The zero-order valence-electron chi connectivity index (χ0n) is 18.8. The number of aryl methyl sites for hydroxylation is 3. The SMILES string of the molecule is CCc1ccc(N2C(=O)C(Nc3ccc4c(c3)OCO4)=C(c3ccc(C)c(C)c3)C2=O)cc1. The van der Waals surface area contributed by atoms with Crippen LogP contribution in [-0.4, -0.2) is 18.6 Å². The minimum absolute atomic E-state index is 0.161. The largest absolute Gasteiger partial charge is 0.454 e. The summed E-state index contributed by atoms with van der Waals surface area (Å²) >= 11 is 0. The van der Waals surface area contributed by atoms with Gasteiger partial charge >= 0.3 is 0 Å². The van der Waals surface area contributed by atoms with E-state index in [4.69, 9.17) is 9.47 Å². The molecule has 3 aromatic carbocycles. The van der Waals surface area contributed by atoms with Gasteiger partial charge in [-0.25, -0.2) is 4.90 Å². The van der Waals surface area contributed by atoms with Gasteiger partial charge in [0.1, 0.15) is 5.70 Å². The number of benzene rings is 3. The van der Waals surface area contributed by atoms with E-state index in [1.807, 2.05) is 56.3 Å². The molecule has 1 N–H and O–H groups in total. The van der Waals surface area contributed by atoms with Gasteiger partial charge in [0, 0.05) is 11.8 Å². The molecule has 166 valence electrons. The quantitative estimate of drug-likeness (QED) is 0.566. The van der Waals surface area contributed by atoms with Gasteiger partial charge in [0.25, 0.3) is 11.8 Å². The first-order valence-corrected chi connectivity index (χ1v) is 10.9. The number of carbonyl (C=O) groups is 2. The lowest BCUT2D eigenvalue weighted by atomic mass is 9.99. The molecule has 2 amide bonds. The van der Waals surface area contributed by atoms with Crippen LogP contribution in [0.25, 0.3) is 5.57 Å². The summed E-state index contributed by atoms with van der Waals surface area (Å²) in [5.74, 6) is 0.498. The van der Waals surface area contributed by atoms with Gasteiger partial charge in [0.2, 0.25) is 6.79 Å². The summed E-state index contributed by atoms with van der Waals surface area (Å²) in [7, 11) is 0. The van der Waals surface area contributed by atoms with Crippen molar-refractivity contribution in [3.05, 3.63) is 88.6 Å². The van der Waals surface area contributed by atoms with Crippen molar-refractivity contribution in [1.29, 1.82) is 0 Å². The van der Waals surface area contributed by atoms with Gasteiger partial charge < -0.3 is 14.8 Å². The lowest BCUT2D eigenvalue weighted by Gasteiger charge is -2.16. The summed E-state index contributed by atoms with van der Waals surface area (Å²) in [6.07, 6.45) is 0.880. The fourth-order valence-electron chi connectivity index (χ4n) is 4.04. The van der Waals surface area contributed by atoms with Crippen LogP contribution in [-0.2, 0) is 16.0 Å². The summed E-state index contributed by atoms with van der Waals surface area (Å²) in [6, 6.07) is 18.7. The maximum atomic E-state index is 13.6. The Morgan fingerprint density at radius 3 is 2.33 bits per heavy atom. The lowest BCUT2D eigenvalue weighted by molar-refractivity contribution is -0.120. The summed E-state index contributed by atoms with van der Waals surface area (Å²) < 4.78 is 10.8. The molecule has 33 heavy (non-hydrogen) atoms. The Labute approximate surface area is 192 Å². The van der Waals surface area contributed by atoms with E-state index in [0.29, 0.717) is 34.0 Å². The Kier molecular flexibility index (Phi) is 5.13. The van der Waals surface area contributed by atoms with Crippen LogP contribution in [0.3, 0.4) is 0 Å². The van der Waals surface area contributed by atoms with Crippen molar-refractivity contribution in [3.63, 3.8) is 0 Å². The molecule has 0 fully saturated rings. The molecule has 0 saturated carbocycles. The normalized spacial score (nSPS) is 14.9. The number of nitrogens with zero attached hydrogens (tertiary/aromatic N) is 1. The maximum Gasteiger partial charge on any atom is 0.282 e. The highest BCUT2D eigenvalue weighted by Gasteiger charge is 2.40. The highest BCUT2D eigenvalue weighted by atomic mass is 16.7. The zero-order valence-corrected chi connectivity index (χ0v) is 18.8. The van der Waals surface area contributed by atoms with Crippen LogP contribution in [0.4, 0.5) is 11.4 Å². The first-order valence-electron chi connectivity index (χ1n) is 10.9. The molecule has 6 heteroatoms. The van der Waals surface area contributed by atoms with Gasteiger partial charge in [-0.15, -0.1) is 0 Å². The van der Waals surface area contributed by atoms with E-state index in [9.17, 15) is 9.59 Å². The lowest BCUT2D eigenvalue weighted by Crippen LogP contribution is -2.32. The molecule has 2 aliphatic heterocycles. The molecule has 0 radical (unpaired) electrons. The molecule has 2 heterocycles. The number of imide groups is 1. The van der Waals surface area contributed by atoms with Crippen LogP contribution in [0.2, 0.25) is 0 Å². The molecular weight excluding hydrogens is 416 g/mol. The maximum absolute atomic E-state index is 13.6. The van der Waals surface area contributed by atoms with Gasteiger partial charge in [0.05, 0.1) is 11.3 Å². The summed E-state index contributed by atoms with van der Waals surface area (Å²) in [4.78, 5) is 28.4. The first kappa shape index (κ1) is 20.8. The van der Waals surface area contributed by atoms with Crippen LogP contribution in [0.5, 0.6) is 11.5 Å². The van der Waals surface area contributed by atoms with E-state index in [1.165, 1.54) is 4.90 Å². The predicted octanol–water partition coefficient (Wildman–Crippen LogP) is 4.99. The van der Waals surface area contributed by atoms with Crippen LogP contribution >= 0.6 is 0 Å². The molecule has 3 aromatic rings. The molecule has 6 nitrogen and oxygen atoms in total. The van der Waals surface area contributed by atoms with Gasteiger partial charge in [-0.2, -0.15) is 0 Å². The molecule has 0 spiro atoms. The van der Waals surface area contributed by atoms with Crippen LogP contribution in [0, 0.1) is 13.8 Å². The van der Waals surface area contributed by atoms with E-state index in [0.717, 1.165) is 23.1 Å². The zero-order chi connectivity index (χ0) is 23.1. The van der Waals surface area contributed by atoms with Crippen LogP contribution in [0.15, 0.2) is 66.4 Å². The third kappa shape index (κ3) is 3.63. The highest BCUT2D eigenvalue weighted by Crippen LogP contribution is 2.38. The number of hydrogen-bond acceptors (Lipinski definition) is 5. The monoisotopic (exact) mass is 440 g/mol. The van der Waals surface area contributed by atoms with E-state index >= 15 is 0 Å². The Morgan fingerprint density at radius 1 is 0.848 bits per heavy atom. The number of rotatable bonds is 5. The van der Waals surface area contributed by atoms with Crippen molar-refractivity contribution in [3.8, 4) is 11.5 Å². The Bertz CT molecular complexity index is 1310. The molecular formula is C27H24N2O4. The van der Waals surface area contributed by atoms with Crippen molar-refractivity contribution in [2.24, 2.45) is 0 Å². The number of carbonyl (C=O) groups excluding carboxylic acids is 2. The Morgan fingerprint density at radius 2 is 1.61 bits per heavy atom. The molecule has 0 atom stereocenters. The topological polar surface area (TPSA) is 67.9 Å². The molecule has 2 aliphatic rings. The van der Waals surface area contributed by atoms with E-state index < -0.39 is 5.91 Å². The fourth-order valence-corrected chi connectivity index (χ4v) is 4.04. The minimum atomic E-state index is -0.393. The number of fused-ring (bicyclic) bond motifs is 1. The fraction of sp³-hybridized carbons (Fsp3) is 0.185. The van der Waals surface area contributed by atoms with Crippen molar-refractivity contribution in [1.82, 2.24) is 0 Å². The molecule has 0 aliphatic carbocycles. The van der Waals surface area contributed by atoms with Crippen molar-refractivity contribution < 1.29 is 19.1 Å². The second-order valence-corrected chi connectivity index (χ2v) is 8.21.